The van der Waals surface area contributed by atoms with Crippen molar-refractivity contribution in [2.75, 3.05) is 30.8 Å². The van der Waals surface area contributed by atoms with Crippen LogP contribution >= 0.6 is 15.9 Å². The second-order valence-corrected chi connectivity index (χ2v) is 6.77. The fourth-order valence-electron chi connectivity index (χ4n) is 2.28. The van der Waals surface area contributed by atoms with Crippen LogP contribution in [0.3, 0.4) is 0 Å². The van der Waals surface area contributed by atoms with E-state index >= 15 is 0 Å². The maximum Gasteiger partial charge on any atom is 0.238 e. The molecule has 0 fully saturated rings. The molecule has 0 aliphatic carbocycles. The van der Waals surface area contributed by atoms with E-state index in [0.29, 0.717) is 11.8 Å². The number of halogens is 3. The molecule has 0 spiro atoms. The van der Waals surface area contributed by atoms with Crippen LogP contribution in [0.15, 0.2) is 40.9 Å². The van der Waals surface area contributed by atoms with Crippen molar-refractivity contribution in [2.45, 2.75) is 6.92 Å². The molecule has 2 aromatic carbocycles. The molecule has 0 unspecified atom stereocenters. The van der Waals surface area contributed by atoms with Gasteiger partial charge in [0.25, 0.3) is 0 Å². The van der Waals surface area contributed by atoms with E-state index in [1.807, 2.05) is 19.1 Å². The normalized spacial score (nSPS) is 10.7. The molecule has 0 aliphatic rings. The highest BCUT2D eigenvalue weighted by atomic mass is 79.9. The molecular formula is C18H18BrF2N3O2. The van der Waals surface area contributed by atoms with Crippen LogP contribution in [-0.4, -0.2) is 36.9 Å². The Bertz CT molecular complexity index is 763. The number of aryl methyl sites for hydroxylation is 1. The topological polar surface area (TPSA) is 61.4 Å². The van der Waals surface area contributed by atoms with Gasteiger partial charge in [-0.2, -0.15) is 0 Å². The third kappa shape index (κ3) is 5.89. The van der Waals surface area contributed by atoms with Gasteiger partial charge >= 0.3 is 0 Å². The number of anilines is 2. The van der Waals surface area contributed by atoms with Gasteiger partial charge in [-0.05, 0) is 49.9 Å². The molecule has 26 heavy (non-hydrogen) atoms. The number of hydrogen-bond acceptors (Lipinski definition) is 3. The Morgan fingerprint density at radius 3 is 2.15 bits per heavy atom. The Balaban J connectivity index is 1.86. The molecule has 8 heteroatoms. The van der Waals surface area contributed by atoms with Gasteiger partial charge in [-0.1, -0.05) is 15.9 Å². The molecule has 0 aliphatic heterocycles. The highest BCUT2D eigenvalue weighted by Crippen LogP contribution is 2.20. The molecule has 2 aromatic rings. The van der Waals surface area contributed by atoms with E-state index < -0.39 is 17.5 Å². The molecule has 0 saturated heterocycles. The largest absolute Gasteiger partial charge is 0.325 e. The van der Waals surface area contributed by atoms with Crippen molar-refractivity contribution >= 4 is 39.1 Å². The van der Waals surface area contributed by atoms with Crippen LogP contribution in [0.4, 0.5) is 20.2 Å². The first-order chi connectivity index (χ1) is 12.2. The average molecular weight is 426 g/mol. The summed E-state index contributed by atoms with van der Waals surface area (Å²) >= 11 is 3.35. The zero-order valence-electron chi connectivity index (χ0n) is 14.3. The van der Waals surface area contributed by atoms with Crippen LogP contribution in [-0.2, 0) is 9.59 Å². The lowest BCUT2D eigenvalue weighted by Gasteiger charge is -2.17. The average Bonchev–Trinajstić information content (AvgIpc) is 2.52. The third-order valence-corrected chi connectivity index (χ3v) is 3.99. The Morgan fingerprint density at radius 2 is 1.58 bits per heavy atom. The molecule has 2 N–H and O–H groups in total. The van der Waals surface area contributed by atoms with Crippen LogP contribution in [0, 0.1) is 18.6 Å². The van der Waals surface area contributed by atoms with Crippen molar-refractivity contribution in [3.8, 4) is 0 Å². The molecule has 0 radical (unpaired) electrons. The number of nitrogens with one attached hydrogen (secondary N) is 2. The smallest absolute Gasteiger partial charge is 0.238 e. The lowest BCUT2D eigenvalue weighted by molar-refractivity contribution is -0.119. The summed E-state index contributed by atoms with van der Waals surface area (Å²) in [6.07, 6.45) is 0. The van der Waals surface area contributed by atoms with E-state index in [4.69, 9.17) is 0 Å². The van der Waals surface area contributed by atoms with Crippen molar-refractivity contribution in [1.29, 1.82) is 0 Å². The summed E-state index contributed by atoms with van der Waals surface area (Å²) in [6, 6.07) is 8.36. The summed E-state index contributed by atoms with van der Waals surface area (Å²) in [6.45, 7) is 1.73. The van der Waals surface area contributed by atoms with Gasteiger partial charge in [-0.25, -0.2) is 8.78 Å². The molecule has 0 saturated carbocycles. The molecule has 0 atom stereocenters. The Labute approximate surface area is 158 Å². The number of amides is 2. The molecule has 0 heterocycles. The number of carbonyl (C=O) groups is 2. The van der Waals surface area contributed by atoms with Crippen LogP contribution in [0.5, 0.6) is 0 Å². The first kappa shape index (κ1) is 20.0. The van der Waals surface area contributed by atoms with Gasteiger partial charge in [0.15, 0.2) is 0 Å². The van der Waals surface area contributed by atoms with Gasteiger partial charge in [0.1, 0.15) is 11.6 Å². The quantitative estimate of drug-likeness (QED) is 0.743. The zero-order chi connectivity index (χ0) is 19.3. The minimum atomic E-state index is -0.857. The Morgan fingerprint density at radius 1 is 1.00 bits per heavy atom. The van der Waals surface area contributed by atoms with Gasteiger partial charge in [-0.3, -0.25) is 14.5 Å². The van der Waals surface area contributed by atoms with E-state index in [1.165, 1.54) is 4.90 Å². The predicted molar refractivity (Wildman–Crippen MR) is 100.0 cm³/mol. The predicted octanol–water partition coefficient (Wildman–Crippen LogP) is 3.54. The fourth-order valence-corrected chi connectivity index (χ4v) is 2.76. The Kier molecular flexibility index (Phi) is 6.82. The zero-order valence-corrected chi connectivity index (χ0v) is 15.9. The number of benzene rings is 2. The van der Waals surface area contributed by atoms with Crippen molar-refractivity contribution in [3.05, 3.63) is 58.1 Å². The first-order valence-electron chi connectivity index (χ1n) is 7.74. The molecule has 2 amide bonds. The summed E-state index contributed by atoms with van der Waals surface area (Å²) in [5, 5.41) is 5.12. The van der Waals surface area contributed by atoms with E-state index in [0.717, 1.165) is 22.2 Å². The molecule has 2 rings (SSSR count). The maximum atomic E-state index is 13.5. The summed E-state index contributed by atoms with van der Waals surface area (Å²) < 4.78 is 27.3. The van der Waals surface area contributed by atoms with Crippen LogP contribution in [0.25, 0.3) is 0 Å². The van der Waals surface area contributed by atoms with E-state index in [2.05, 4.69) is 26.6 Å². The molecule has 0 aromatic heterocycles. The van der Waals surface area contributed by atoms with Gasteiger partial charge in [0, 0.05) is 16.2 Å². The van der Waals surface area contributed by atoms with Crippen LogP contribution in [0.1, 0.15) is 5.56 Å². The van der Waals surface area contributed by atoms with Gasteiger partial charge in [-0.15, -0.1) is 0 Å². The molecule has 138 valence electrons. The maximum absolute atomic E-state index is 13.5. The van der Waals surface area contributed by atoms with E-state index in [-0.39, 0.29) is 24.7 Å². The second-order valence-electron chi connectivity index (χ2n) is 5.85. The summed E-state index contributed by atoms with van der Waals surface area (Å²) in [5.74, 6) is -2.37. The minimum absolute atomic E-state index is 0.0190. The number of likely N-dealkylation sites (N-methyl/N-ethyl adjacent to an activating group) is 1. The Hall–Kier alpha value is -2.32. The number of rotatable bonds is 6. The number of nitrogens with zero attached hydrogens (tertiary/aromatic N) is 1. The van der Waals surface area contributed by atoms with Crippen molar-refractivity contribution < 1.29 is 18.4 Å². The van der Waals surface area contributed by atoms with Crippen molar-refractivity contribution in [3.63, 3.8) is 0 Å². The molecular weight excluding hydrogens is 408 g/mol. The molecule has 5 nitrogen and oxygen atoms in total. The highest BCUT2D eigenvalue weighted by Gasteiger charge is 2.13. The van der Waals surface area contributed by atoms with Crippen LogP contribution < -0.4 is 10.6 Å². The second kappa shape index (κ2) is 8.86. The summed E-state index contributed by atoms with van der Waals surface area (Å²) in [5.41, 5.74) is 1.48. The lowest BCUT2D eigenvalue weighted by atomic mass is 10.2. The van der Waals surface area contributed by atoms with E-state index in [9.17, 15) is 18.4 Å². The van der Waals surface area contributed by atoms with Gasteiger partial charge in [0.05, 0.1) is 18.8 Å². The summed E-state index contributed by atoms with van der Waals surface area (Å²) in [7, 11) is 1.59. The van der Waals surface area contributed by atoms with Crippen molar-refractivity contribution in [2.24, 2.45) is 0 Å². The monoisotopic (exact) mass is 425 g/mol. The van der Waals surface area contributed by atoms with Gasteiger partial charge < -0.3 is 10.6 Å². The standard InChI is InChI=1S/C18H18BrF2N3O2/c1-11-7-12(19)3-5-15(11)22-17(25)9-24(2)10-18(26)23-16-6-4-13(20)8-14(16)21/h3-8H,9-10H2,1-2H3,(H,22,25)(H,23,26). The number of carbonyl (C=O) groups excluding carboxylic acids is 2. The lowest BCUT2D eigenvalue weighted by Crippen LogP contribution is -2.36. The van der Waals surface area contributed by atoms with Gasteiger partial charge in [0.2, 0.25) is 11.8 Å². The molecule has 0 bridgehead atoms. The number of hydrogen-bond donors (Lipinski definition) is 2. The first-order valence-corrected chi connectivity index (χ1v) is 8.53. The highest BCUT2D eigenvalue weighted by molar-refractivity contribution is 9.10. The fraction of sp³-hybridized carbons (Fsp3) is 0.222. The SMILES string of the molecule is Cc1cc(Br)ccc1NC(=O)CN(C)CC(=O)Nc1ccc(F)cc1F. The van der Waals surface area contributed by atoms with Crippen molar-refractivity contribution in [1.82, 2.24) is 4.90 Å². The summed E-state index contributed by atoms with van der Waals surface area (Å²) in [4.78, 5) is 25.5. The van der Waals surface area contributed by atoms with E-state index in [1.54, 1.807) is 13.1 Å². The third-order valence-electron chi connectivity index (χ3n) is 3.49. The van der Waals surface area contributed by atoms with Crippen LogP contribution in [0.2, 0.25) is 0 Å². The minimum Gasteiger partial charge on any atom is -0.325 e.